The number of carbonyl (C=O) groups excluding carboxylic acids is 4. The normalized spacial score (nSPS) is 29.2. The van der Waals surface area contributed by atoms with Crippen molar-refractivity contribution in [3.63, 3.8) is 0 Å². The predicted molar refractivity (Wildman–Crippen MR) is 158 cm³/mol. The number of nitrogens with one attached hydrogen (secondary N) is 2. The van der Waals surface area contributed by atoms with Crippen molar-refractivity contribution >= 4 is 30.0 Å². The first kappa shape index (κ1) is 32.2. The first-order valence-electron chi connectivity index (χ1n) is 15.5. The molecule has 0 aromatic heterocycles. The van der Waals surface area contributed by atoms with E-state index in [2.05, 4.69) is 10.6 Å². The maximum atomic E-state index is 14.3. The molecule has 0 radical (unpaired) electrons. The zero-order valence-electron chi connectivity index (χ0n) is 25.8. The molecule has 0 bridgehead atoms. The van der Waals surface area contributed by atoms with Gasteiger partial charge in [0.25, 0.3) is 0 Å². The number of carboxylic acids is 1. The maximum Gasteiger partial charge on any atom is 0.410 e. The molecule has 0 spiro atoms. The first-order valence-corrected chi connectivity index (χ1v) is 15.5. The fourth-order valence-corrected chi connectivity index (χ4v) is 6.32. The lowest BCUT2D eigenvalue weighted by molar-refractivity contribution is -0.145. The van der Waals surface area contributed by atoms with Crippen molar-refractivity contribution in [2.75, 3.05) is 6.54 Å². The Kier molecular flexibility index (Phi) is 9.09. The average Bonchev–Trinajstić information content (AvgIpc) is 3.27. The van der Waals surface area contributed by atoms with Gasteiger partial charge in [-0.25, -0.2) is 18.8 Å². The van der Waals surface area contributed by atoms with E-state index in [9.17, 15) is 33.5 Å². The van der Waals surface area contributed by atoms with E-state index in [4.69, 9.17) is 9.47 Å². The van der Waals surface area contributed by atoms with E-state index in [1.54, 1.807) is 32.9 Å². The SMILES string of the molecule is CC(C)(C)OC(=O)NC1CCCCC/C=C\C2CC2(C(=O)O)NC(=O)C2CC(OC(=O)N3Cc4cccc(F)c4C3)CN2C1=O. The highest BCUT2D eigenvalue weighted by Crippen LogP contribution is 2.45. The van der Waals surface area contributed by atoms with Crippen LogP contribution in [0.5, 0.6) is 0 Å². The number of ether oxygens (including phenoxy) is 2. The molecule has 1 aromatic rings. The Labute approximate surface area is 261 Å². The fraction of sp³-hybridized carbons (Fsp3) is 0.594. The van der Waals surface area contributed by atoms with Gasteiger partial charge in [-0.05, 0) is 58.1 Å². The third kappa shape index (κ3) is 7.23. The average molecular weight is 629 g/mol. The van der Waals surface area contributed by atoms with Gasteiger partial charge in [-0.1, -0.05) is 37.1 Å². The number of alkyl carbamates (subject to hydrolysis) is 1. The number of halogens is 1. The van der Waals surface area contributed by atoms with Crippen molar-refractivity contribution in [2.24, 2.45) is 5.92 Å². The number of hydrogen-bond donors (Lipinski definition) is 3. The van der Waals surface area contributed by atoms with Gasteiger partial charge in [0.1, 0.15) is 35.1 Å². The topological polar surface area (TPSA) is 155 Å². The molecule has 4 aliphatic rings. The Hall–Kier alpha value is -4.16. The van der Waals surface area contributed by atoms with Crippen LogP contribution in [0.4, 0.5) is 14.0 Å². The molecule has 1 saturated carbocycles. The van der Waals surface area contributed by atoms with Crippen LogP contribution in [0.25, 0.3) is 0 Å². The monoisotopic (exact) mass is 628 g/mol. The molecule has 3 aliphatic heterocycles. The number of amides is 4. The second kappa shape index (κ2) is 12.7. The second-order valence-electron chi connectivity index (χ2n) is 13.3. The molecule has 2 fully saturated rings. The summed E-state index contributed by atoms with van der Waals surface area (Å²) in [7, 11) is 0. The summed E-state index contributed by atoms with van der Waals surface area (Å²) in [4.78, 5) is 68.5. The highest BCUT2D eigenvalue weighted by molar-refractivity contribution is 5.96. The number of allylic oxidation sites excluding steroid dienone is 1. The number of carboxylic acid groups (broad SMARTS) is 1. The van der Waals surface area contributed by atoms with Gasteiger partial charge < -0.3 is 30.1 Å². The van der Waals surface area contributed by atoms with E-state index in [-0.39, 0.29) is 44.8 Å². The van der Waals surface area contributed by atoms with Gasteiger partial charge in [0, 0.05) is 24.4 Å². The van der Waals surface area contributed by atoms with Crippen molar-refractivity contribution in [1.82, 2.24) is 20.4 Å². The molecule has 5 unspecified atom stereocenters. The molecule has 3 heterocycles. The molecule has 1 aliphatic carbocycles. The minimum absolute atomic E-state index is 0.0258. The highest BCUT2D eigenvalue weighted by Gasteiger charge is 2.61. The molecule has 12 nitrogen and oxygen atoms in total. The van der Waals surface area contributed by atoms with E-state index in [1.165, 1.54) is 15.9 Å². The van der Waals surface area contributed by atoms with Crippen LogP contribution < -0.4 is 10.6 Å². The zero-order valence-corrected chi connectivity index (χ0v) is 25.8. The molecular formula is C32H41FN4O8. The van der Waals surface area contributed by atoms with Crippen LogP contribution in [0.15, 0.2) is 30.4 Å². The Morgan fingerprint density at radius 2 is 1.91 bits per heavy atom. The van der Waals surface area contributed by atoms with Crippen LogP contribution in [0.1, 0.15) is 76.8 Å². The molecule has 244 valence electrons. The summed E-state index contributed by atoms with van der Waals surface area (Å²) in [5.41, 5.74) is -1.22. The molecule has 5 rings (SSSR count). The summed E-state index contributed by atoms with van der Waals surface area (Å²) in [6.07, 6.45) is 4.66. The maximum absolute atomic E-state index is 14.3. The lowest BCUT2D eigenvalue weighted by atomic mass is 10.0. The largest absolute Gasteiger partial charge is 0.479 e. The smallest absolute Gasteiger partial charge is 0.410 e. The third-order valence-corrected chi connectivity index (χ3v) is 8.76. The van der Waals surface area contributed by atoms with Gasteiger partial charge in [-0.15, -0.1) is 0 Å². The molecule has 1 aromatic carbocycles. The van der Waals surface area contributed by atoms with Crippen LogP contribution in [-0.2, 0) is 36.9 Å². The fourth-order valence-electron chi connectivity index (χ4n) is 6.32. The van der Waals surface area contributed by atoms with Gasteiger partial charge in [-0.2, -0.15) is 0 Å². The van der Waals surface area contributed by atoms with Gasteiger partial charge in [0.05, 0.1) is 13.1 Å². The van der Waals surface area contributed by atoms with Gasteiger partial charge in [0.15, 0.2) is 0 Å². The molecule has 4 amide bonds. The first-order chi connectivity index (χ1) is 21.3. The molecule has 3 N–H and O–H groups in total. The van der Waals surface area contributed by atoms with Crippen molar-refractivity contribution < 1.29 is 42.9 Å². The zero-order chi connectivity index (χ0) is 32.5. The van der Waals surface area contributed by atoms with Gasteiger partial charge in [-0.3, -0.25) is 14.5 Å². The third-order valence-electron chi connectivity index (χ3n) is 8.76. The minimum atomic E-state index is -1.49. The lowest BCUT2D eigenvalue weighted by Gasteiger charge is -2.30. The molecular weight excluding hydrogens is 587 g/mol. The van der Waals surface area contributed by atoms with Crippen molar-refractivity contribution in [3.05, 3.63) is 47.3 Å². The van der Waals surface area contributed by atoms with Crippen LogP contribution in [0.3, 0.4) is 0 Å². The van der Waals surface area contributed by atoms with Crippen LogP contribution in [0, 0.1) is 11.7 Å². The minimum Gasteiger partial charge on any atom is -0.479 e. The van der Waals surface area contributed by atoms with Crippen LogP contribution in [-0.4, -0.2) is 80.7 Å². The Morgan fingerprint density at radius 3 is 2.62 bits per heavy atom. The van der Waals surface area contributed by atoms with Gasteiger partial charge >= 0.3 is 18.2 Å². The van der Waals surface area contributed by atoms with E-state index in [0.717, 1.165) is 19.3 Å². The number of aliphatic carboxylic acids is 1. The van der Waals surface area contributed by atoms with E-state index in [0.29, 0.717) is 17.5 Å². The number of carbonyl (C=O) groups is 5. The van der Waals surface area contributed by atoms with Crippen molar-refractivity contribution in [3.8, 4) is 0 Å². The summed E-state index contributed by atoms with van der Waals surface area (Å²) in [6, 6.07) is 2.45. The Bertz CT molecular complexity index is 1390. The van der Waals surface area contributed by atoms with E-state index >= 15 is 0 Å². The second-order valence-corrected chi connectivity index (χ2v) is 13.3. The lowest BCUT2D eigenvalue weighted by Crippen LogP contribution is -2.56. The van der Waals surface area contributed by atoms with Crippen molar-refractivity contribution in [1.29, 1.82) is 0 Å². The quantitative estimate of drug-likeness (QED) is 0.429. The number of hydrogen-bond acceptors (Lipinski definition) is 7. The molecule has 45 heavy (non-hydrogen) atoms. The summed E-state index contributed by atoms with van der Waals surface area (Å²) in [5, 5.41) is 15.4. The van der Waals surface area contributed by atoms with E-state index in [1.807, 2.05) is 12.2 Å². The van der Waals surface area contributed by atoms with Crippen LogP contribution >= 0.6 is 0 Å². The van der Waals surface area contributed by atoms with Gasteiger partial charge in [0.2, 0.25) is 11.8 Å². The number of fused-ring (bicyclic) bond motifs is 3. The Morgan fingerprint density at radius 1 is 1.13 bits per heavy atom. The summed E-state index contributed by atoms with van der Waals surface area (Å²) in [5.74, 6) is -3.20. The number of rotatable bonds is 3. The standard InChI is InChI=1S/C32H41FN4O8/c1-31(2,3)45-29(42)34-24-13-8-6-4-5-7-11-20-15-32(20,28(40)41)35-26(38)25-14-21(17-37(25)27(24)39)44-30(43)36-16-19-10-9-12-23(33)22(19)18-36/h7,9-12,20-21,24-25H,4-6,8,13-18H2,1-3H3,(H,34,42)(H,35,38)(H,40,41)/b11-7-. The summed E-state index contributed by atoms with van der Waals surface area (Å²) < 4.78 is 25.4. The predicted octanol–water partition coefficient (Wildman–Crippen LogP) is 3.62. The van der Waals surface area contributed by atoms with E-state index < -0.39 is 65.1 Å². The molecule has 1 saturated heterocycles. The van der Waals surface area contributed by atoms with Crippen molar-refractivity contribution in [2.45, 2.75) is 108 Å². The summed E-state index contributed by atoms with van der Waals surface area (Å²) >= 11 is 0. The molecule has 5 atom stereocenters. The Balaban J connectivity index is 1.37. The highest BCUT2D eigenvalue weighted by atomic mass is 19.1. The van der Waals surface area contributed by atoms with Crippen LogP contribution in [0.2, 0.25) is 0 Å². The number of nitrogens with zero attached hydrogens (tertiary/aromatic N) is 2. The summed E-state index contributed by atoms with van der Waals surface area (Å²) in [6.45, 7) is 5.15. The molecule has 13 heteroatoms. The number of benzene rings is 1.